The third-order valence-corrected chi connectivity index (χ3v) is 5.87. The monoisotopic (exact) mass is 374 g/mol. The van der Waals surface area contributed by atoms with Crippen LogP contribution in [-0.2, 0) is 14.9 Å². The maximum Gasteiger partial charge on any atom is 0.407 e. The molecule has 0 aliphatic carbocycles. The van der Waals surface area contributed by atoms with E-state index in [9.17, 15) is 14.7 Å². The minimum atomic E-state index is -1.16. The molecule has 3 aliphatic rings. The van der Waals surface area contributed by atoms with E-state index in [1.54, 1.807) is 20.8 Å². The molecule has 3 saturated heterocycles. The second kappa shape index (κ2) is 7.50. The number of hydrogen-bond acceptors (Lipinski definition) is 4. The van der Waals surface area contributed by atoms with Gasteiger partial charge in [0.15, 0.2) is 0 Å². The third-order valence-electron chi connectivity index (χ3n) is 5.87. The second-order valence-electron chi connectivity index (χ2n) is 8.74. The molecule has 3 heterocycles. The van der Waals surface area contributed by atoms with Crippen LogP contribution in [0.1, 0.15) is 39.2 Å². The van der Waals surface area contributed by atoms with E-state index in [0.29, 0.717) is 5.92 Å². The lowest BCUT2D eigenvalue weighted by molar-refractivity contribution is -0.150. The van der Waals surface area contributed by atoms with Crippen molar-refractivity contribution in [3.8, 4) is 0 Å². The molecule has 2 bridgehead atoms. The standard InChI is InChI=1S/C21H30N2O4/c1-20(2,3)27-19(26)22-14-21(18(24)25,16-7-5-4-6-8-16)17-13-23-11-9-15(17)10-12-23/h4-8,15,17H,9-14H2,1-3H3,(H,22,26)(H,24,25)/t17-,21?/m1/s1. The summed E-state index contributed by atoms with van der Waals surface area (Å²) in [5.74, 6) is -0.579. The van der Waals surface area contributed by atoms with Gasteiger partial charge in [0.1, 0.15) is 11.0 Å². The van der Waals surface area contributed by atoms with Gasteiger partial charge in [-0.25, -0.2) is 4.79 Å². The molecule has 6 heteroatoms. The molecule has 0 saturated carbocycles. The Morgan fingerprint density at radius 3 is 2.30 bits per heavy atom. The molecule has 4 rings (SSSR count). The van der Waals surface area contributed by atoms with Gasteiger partial charge in [-0.15, -0.1) is 0 Å². The van der Waals surface area contributed by atoms with Gasteiger partial charge in [0.2, 0.25) is 0 Å². The molecular formula is C21H30N2O4. The van der Waals surface area contributed by atoms with Crippen molar-refractivity contribution in [2.24, 2.45) is 11.8 Å². The summed E-state index contributed by atoms with van der Waals surface area (Å²) in [4.78, 5) is 27.3. The van der Waals surface area contributed by atoms with Gasteiger partial charge < -0.3 is 20.1 Å². The molecule has 0 spiro atoms. The van der Waals surface area contributed by atoms with E-state index in [1.807, 2.05) is 30.3 Å². The first-order chi connectivity index (χ1) is 12.7. The van der Waals surface area contributed by atoms with Crippen molar-refractivity contribution < 1.29 is 19.4 Å². The number of ether oxygens (including phenoxy) is 1. The first-order valence-corrected chi connectivity index (χ1v) is 9.70. The van der Waals surface area contributed by atoms with E-state index >= 15 is 0 Å². The first kappa shape index (κ1) is 19.7. The summed E-state index contributed by atoms with van der Waals surface area (Å²) >= 11 is 0. The minimum absolute atomic E-state index is 0.0241. The van der Waals surface area contributed by atoms with Gasteiger partial charge in [-0.05, 0) is 64.1 Å². The maximum atomic E-state index is 12.7. The molecule has 148 valence electrons. The van der Waals surface area contributed by atoms with Crippen LogP contribution in [0.15, 0.2) is 30.3 Å². The number of fused-ring (bicyclic) bond motifs is 3. The van der Waals surface area contributed by atoms with Gasteiger partial charge in [0.25, 0.3) is 0 Å². The van der Waals surface area contributed by atoms with Gasteiger partial charge in [0, 0.05) is 13.1 Å². The number of carbonyl (C=O) groups is 2. The van der Waals surface area contributed by atoms with Crippen molar-refractivity contribution in [2.45, 2.75) is 44.6 Å². The van der Waals surface area contributed by atoms with E-state index in [0.717, 1.165) is 38.0 Å². The van der Waals surface area contributed by atoms with E-state index in [4.69, 9.17) is 4.74 Å². The fourth-order valence-electron chi connectivity index (χ4n) is 4.59. The Kier molecular flexibility index (Phi) is 5.47. The van der Waals surface area contributed by atoms with Crippen molar-refractivity contribution in [1.82, 2.24) is 10.2 Å². The van der Waals surface area contributed by atoms with Crippen LogP contribution >= 0.6 is 0 Å². The summed E-state index contributed by atoms with van der Waals surface area (Å²) < 4.78 is 5.34. The predicted octanol–water partition coefficient (Wildman–Crippen LogP) is 2.88. The highest BCUT2D eigenvalue weighted by atomic mass is 16.6. The highest BCUT2D eigenvalue weighted by Crippen LogP contribution is 2.45. The lowest BCUT2D eigenvalue weighted by Crippen LogP contribution is -2.61. The maximum absolute atomic E-state index is 12.7. The first-order valence-electron chi connectivity index (χ1n) is 9.70. The highest BCUT2D eigenvalue weighted by Gasteiger charge is 2.53. The molecule has 1 unspecified atom stereocenters. The Labute approximate surface area is 160 Å². The van der Waals surface area contributed by atoms with E-state index in [-0.39, 0.29) is 12.5 Å². The van der Waals surface area contributed by atoms with Crippen LogP contribution in [0.25, 0.3) is 0 Å². The van der Waals surface area contributed by atoms with E-state index in [2.05, 4.69) is 10.2 Å². The Morgan fingerprint density at radius 2 is 1.81 bits per heavy atom. The number of benzene rings is 1. The van der Waals surface area contributed by atoms with Crippen molar-refractivity contribution in [3.05, 3.63) is 35.9 Å². The number of aliphatic carboxylic acids is 1. The zero-order valence-corrected chi connectivity index (χ0v) is 16.4. The van der Waals surface area contributed by atoms with Crippen LogP contribution in [0.2, 0.25) is 0 Å². The Morgan fingerprint density at radius 1 is 1.19 bits per heavy atom. The SMILES string of the molecule is CC(C)(C)OC(=O)NCC(C(=O)O)(c1ccccc1)[C@@H]1CN2CCC1CC2. The molecule has 2 atom stereocenters. The molecule has 0 aromatic heterocycles. The third kappa shape index (κ3) is 4.10. The summed E-state index contributed by atoms with van der Waals surface area (Å²) in [6, 6.07) is 9.34. The number of nitrogens with one attached hydrogen (secondary N) is 1. The van der Waals surface area contributed by atoms with Gasteiger partial charge in [-0.2, -0.15) is 0 Å². The predicted molar refractivity (Wildman–Crippen MR) is 103 cm³/mol. The minimum Gasteiger partial charge on any atom is -0.481 e. The molecule has 3 aliphatic heterocycles. The molecule has 2 N–H and O–H groups in total. The number of hydrogen-bond donors (Lipinski definition) is 2. The van der Waals surface area contributed by atoms with Crippen molar-refractivity contribution in [3.63, 3.8) is 0 Å². The lowest BCUT2D eigenvalue weighted by Gasteiger charge is -2.51. The lowest BCUT2D eigenvalue weighted by atomic mass is 9.61. The molecule has 6 nitrogen and oxygen atoms in total. The highest BCUT2D eigenvalue weighted by molar-refractivity contribution is 5.83. The van der Waals surface area contributed by atoms with Crippen LogP contribution in [-0.4, -0.2) is 53.8 Å². The number of alkyl carbamates (subject to hydrolysis) is 1. The van der Waals surface area contributed by atoms with E-state index in [1.165, 1.54) is 0 Å². The van der Waals surface area contributed by atoms with Crippen LogP contribution in [0.3, 0.4) is 0 Å². The van der Waals surface area contributed by atoms with Crippen LogP contribution < -0.4 is 5.32 Å². The van der Waals surface area contributed by atoms with Crippen LogP contribution in [0.4, 0.5) is 4.79 Å². The van der Waals surface area contributed by atoms with Gasteiger partial charge in [-0.1, -0.05) is 30.3 Å². The number of carbonyl (C=O) groups excluding carboxylic acids is 1. The van der Waals surface area contributed by atoms with Crippen molar-refractivity contribution in [2.75, 3.05) is 26.2 Å². The average Bonchev–Trinajstić information content (AvgIpc) is 2.62. The summed E-state index contributed by atoms with van der Waals surface area (Å²) in [5, 5.41) is 13.1. The molecule has 1 amide bonds. The van der Waals surface area contributed by atoms with Gasteiger partial charge >= 0.3 is 12.1 Å². The number of nitrogens with zero attached hydrogens (tertiary/aromatic N) is 1. The number of amides is 1. The smallest absolute Gasteiger partial charge is 0.407 e. The molecule has 0 radical (unpaired) electrons. The Hall–Kier alpha value is -2.08. The Bertz CT molecular complexity index is 677. The number of carboxylic acids is 1. The van der Waals surface area contributed by atoms with Gasteiger partial charge in [-0.3, -0.25) is 4.79 Å². The van der Waals surface area contributed by atoms with Crippen LogP contribution in [0.5, 0.6) is 0 Å². The second-order valence-corrected chi connectivity index (χ2v) is 8.74. The molecular weight excluding hydrogens is 344 g/mol. The largest absolute Gasteiger partial charge is 0.481 e. The average molecular weight is 374 g/mol. The molecule has 27 heavy (non-hydrogen) atoms. The number of carboxylic acid groups (broad SMARTS) is 1. The normalized spacial score (nSPS) is 26.9. The summed E-state index contributed by atoms with van der Waals surface area (Å²) in [6.45, 7) is 8.22. The van der Waals surface area contributed by atoms with Crippen LogP contribution in [0, 0.1) is 11.8 Å². The zero-order chi connectivity index (χ0) is 19.7. The number of piperidine rings is 3. The van der Waals surface area contributed by atoms with Crippen molar-refractivity contribution in [1.29, 1.82) is 0 Å². The summed E-state index contributed by atoms with van der Waals surface area (Å²) in [6.07, 6.45) is 1.45. The molecule has 3 fully saturated rings. The molecule has 1 aromatic carbocycles. The quantitative estimate of drug-likeness (QED) is 0.829. The molecule has 1 aromatic rings. The van der Waals surface area contributed by atoms with Crippen molar-refractivity contribution >= 4 is 12.1 Å². The summed E-state index contributed by atoms with van der Waals surface area (Å²) in [7, 11) is 0. The fraction of sp³-hybridized carbons (Fsp3) is 0.619. The summed E-state index contributed by atoms with van der Waals surface area (Å²) in [5.41, 5.74) is -1.05. The zero-order valence-electron chi connectivity index (χ0n) is 16.4. The van der Waals surface area contributed by atoms with E-state index < -0.39 is 23.1 Å². The fourth-order valence-corrected chi connectivity index (χ4v) is 4.59. The topological polar surface area (TPSA) is 78.9 Å². The number of rotatable bonds is 5. The Balaban J connectivity index is 1.93. The van der Waals surface area contributed by atoms with Gasteiger partial charge in [0.05, 0.1) is 0 Å².